The summed E-state index contributed by atoms with van der Waals surface area (Å²) >= 11 is 0. The molecule has 0 atom stereocenters. The monoisotopic (exact) mass is 275 g/mol. The molecular weight excluding hydrogens is 258 g/mol. The van der Waals surface area contributed by atoms with Gasteiger partial charge in [0.25, 0.3) is 5.91 Å². The van der Waals surface area contributed by atoms with Gasteiger partial charge in [0, 0.05) is 16.8 Å². The smallest absolute Gasteiger partial charge is 0.256 e. The third-order valence-corrected chi connectivity index (χ3v) is 4.39. The Bertz CT molecular complexity index is 758. The molecule has 0 aromatic heterocycles. The Balaban J connectivity index is 1.76. The minimum Gasteiger partial charge on any atom is -0.321 e. The van der Waals surface area contributed by atoms with Crippen molar-refractivity contribution in [2.75, 3.05) is 5.32 Å². The minimum atomic E-state index is -0.00563. The summed E-state index contributed by atoms with van der Waals surface area (Å²) < 4.78 is 0. The van der Waals surface area contributed by atoms with Crippen molar-refractivity contribution < 1.29 is 4.79 Å². The number of aryl methyl sites for hydroxylation is 2. The minimum absolute atomic E-state index is 0.00563. The largest absolute Gasteiger partial charge is 0.321 e. The summed E-state index contributed by atoms with van der Waals surface area (Å²) in [6.45, 7) is 0. The van der Waals surface area contributed by atoms with Crippen LogP contribution in [0, 0.1) is 0 Å². The molecule has 0 saturated heterocycles. The number of hydrogen-bond donors (Lipinski definition) is 1. The number of carbonyl (C=O) groups excluding carboxylic acids is 1. The number of anilines is 1. The lowest BCUT2D eigenvalue weighted by atomic mass is 9.90. The Kier molecular flexibility index (Phi) is 2.88. The van der Waals surface area contributed by atoms with Crippen molar-refractivity contribution in [1.82, 2.24) is 0 Å². The van der Waals surface area contributed by atoms with Gasteiger partial charge in [-0.1, -0.05) is 36.4 Å². The van der Waals surface area contributed by atoms with Crippen LogP contribution in [0.5, 0.6) is 0 Å². The molecule has 1 aliphatic heterocycles. The van der Waals surface area contributed by atoms with Crippen LogP contribution in [-0.2, 0) is 17.6 Å². The molecular formula is C19H17NO. The number of nitrogens with one attached hydrogen (secondary N) is 1. The summed E-state index contributed by atoms with van der Waals surface area (Å²) in [5.74, 6) is -0.00563. The number of para-hydroxylation sites is 1. The predicted octanol–water partition coefficient (Wildman–Crippen LogP) is 4.06. The number of carbonyl (C=O) groups is 1. The number of amides is 1. The van der Waals surface area contributed by atoms with E-state index in [0.29, 0.717) is 0 Å². The molecule has 2 aliphatic rings. The van der Waals surface area contributed by atoms with Crippen molar-refractivity contribution in [2.24, 2.45) is 0 Å². The molecule has 0 fully saturated rings. The van der Waals surface area contributed by atoms with Gasteiger partial charge in [-0.15, -0.1) is 0 Å². The molecule has 0 saturated carbocycles. The summed E-state index contributed by atoms with van der Waals surface area (Å²) in [5.41, 5.74) is 6.72. The van der Waals surface area contributed by atoms with Crippen molar-refractivity contribution in [3.63, 3.8) is 0 Å². The van der Waals surface area contributed by atoms with Gasteiger partial charge in [0.05, 0.1) is 0 Å². The molecule has 104 valence electrons. The molecule has 0 unspecified atom stereocenters. The van der Waals surface area contributed by atoms with E-state index >= 15 is 0 Å². The molecule has 2 aromatic carbocycles. The zero-order valence-corrected chi connectivity index (χ0v) is 11.9. The zero-order valence-electron chi connectivity index (χ0n) is 11.9. The first-order valence-corrected chi connectivity index (χ1v) is 7.55. The van der Waals surface area contributed by atoms with E-state index in [2.05, 4.69) is 23.5 Å². The molecule has 1 heterocycles. The van der Waals surface area contributed by atoms with Gasteiger partial charge in [0.15, 0.2) is 0 Å². The Labute approximate surface area is 124 Å². The van der Waals surface area contributed by atoms with Crippen LogP contribution < -0.4 is 5.32 Å². The maximum atomic E-state index is 12.1. The Morgan fingerprint density at radius 2 is 1.76 bits per heavy atom. The van der Waals surface area contributed by atoms with Crippen LogP contribution >= 0.6 is 0 Å². The summed E-state index contributed by atoms with van der Waals surface area (Å²) in [6.07, 6.45) is 6.93. The molecule has 2 nitrogen and oxygen atoms in total. The fraction of sp³-hybridized carbons (Fsp3) is 0.211. The Hall–Kier alpha value is -2.35. The van der Waals surface area contributed by atoms with E-state index in [-0.39, 0.29) is 5.91 Å². The van der Waals surface area contributed by atoms with Crippen molar-refractivity contribution >= 4 is 23.2 Å². The van der Waals surface area contributed by atoms with Gasteiger partial charge in [-0.25, -0.2) is 0 Å². The van der Waals surface area contributed by atoms with E-state index in [4.69, 9.17) is 0 Å². The summed E-state index contributed by atoms with van der Waals surface area (Å²) in [5, 5.41) is 2.92. The van der Waals surface area contributed by atoms with Gasteiger partial charge in [0.1, 0.15) is 0 Å². The van der Waals surface area contributed by atoms with Crippen molar-refractivity contribution in [2.45, 2.75) is 25.7 Å². The second-order valence-electron chi connectivity index (χ2n) is 5.79. The lowest BCUT2D eigenvalue weighted by Gasteiger charge is -2.15. The quantitative estimate of drug-likeness (QED) is 0.781. The molecule has 1 aliphatic carbocycles. The lowest BCUT2D eigenvalue weighted by molar-refractivity contribution is -0.110. The van der Waals surface area contributed by atoms with Crippen LogP contribution in [0.3, 0.4) is 0 Å². The van der Waals surface area contributed by atoms with Gasteiger partial charge in [-0.2, -0.15) is 0 Å². The maximum absolute atomic E-state index is 12.1. The van der Waals surface area contributed by atoms with Crippen LogP contribution in [0.25, 0.3) is 11.6 Å². The predicted molar refractivity (Wildman–Crippen MR) is 86.0 cm³/mol. The van der Waals surface area contributed by atoms with Crippen LogP contribution in [0.15, 0.2) is 42.5 Å². The SMILES string of the molecule is O=C1Nc2ccccc2C1=Cc1ccc2c(c1)CCCC2. The highest BCUT2D eigenvalue weighted by atomic mass is 16.2. The van der Waals surface area contributed by atoms with Crippen LogP contribution in [0.1, 0.15) is 35.1 Å². The lowest BCUT2D eigenvalue weighted by Crippen LogP contribution is -2.04. The van der Waals surface area contributed by atoms with E-state index in [1.807, 2.05) is 30.3 Å². The first-order chi connectivity index (χ1) is 10.3. The first-order valence-electron chi connectivity index (χ1n) is 7.55. The van der Waals surface area contributed by atoms with Gasteiger partial charge in [-0.05, 0) is 54.5 Å². The summed E-state index contributed by atoms with van der Waals surface area (Å²) in [7, 11) is 0. The molecule has 2 heteroatoms. The second kappa shape index (κ2) is 4.88. The molecule has 2 aromatic rings. The van der Waals surface area contributed by atoms with Gasteiger partial charge < -0.3 is 5.32 Å². The highest BCUT2D eigenvalue weighted by molar-refractivity contribution is 6.34. The van der Waals surface area contributed by atoms with Crippen LogP contribution in [-0.4, -0.2) is 5.91 Å². The van der Waals surface area contributed by atoms with Gasteiger partial charge in [-0.3, -0.25) is 4.79 Å². The number of hydrogen-bond acceptors (Lipinski definition) is 1. The number of fused-ring (bicyclic) bond motifs is 2. The fourth-order valence-corrected chi connectivity index (χ4v) is 3.29. The molecule has 1 amide bonds. The van der Waals surface area contributed by atoms with Crippen molar-refractivity contribution in [3.8, 4) is 0 Å². The average molecular weight is 275 g/mol. The summed E-state index contributed by atoms with van der Waals surface area (Å²) in [6, 6.07) is 14.5. The third-order valence-electron chi connectivity index (χ3n) is 4.39. The van der Waals surface area contributed by atoms with E-state index in [1.165, 1.54) is 30.4 Å². The van der Waals surface area contributed by atoms with E-state index in [9.17, 15) is 4.79 Å². The highest BCUT2D eigenvalue weighted by Crippen LogP contribution is 2.33. The van der Waals surface area contributed by atoms with Gasteiger partial charge >= 0.3 is 0 Å². The topological polar surface area (TPSA) is 29.1 Å². The third kappa shape index (κ3) is 2.17. The number of benzene rings is 2. The van der Waals surface area contributed by atoms with Crippen molar-refractivity contribution in [3.05, 3.63) is 64.7 Å². The van der Waals surface area contributed by atoms with E-state index in [0.717, 1.165) is 28.8 Å². The highest BCUT2D eigenvalue weighted by Gasteiger charge is 2.23. The average Bonchev–Trinajstić information content (AvgIpc) is 2.83. The maximum Gasteiger partial charge on any atom is 0.256 e. The molecule has 0 spiro atoms. The summed E-state index contributed by atoms with van der Waals surface area (Å²) in [4.78, 5) is 12.1. The van der Waals surface area contributed by atoms with Crippen LogP contribution in [0.2, 0.25) is 0 Å². The van der Waals surface area contributed by atoms with Crippen LogP contribution in [0.4, 0.5) is 5.69 Å². The normalized spacial score (nSPS) is 18.3. The second-order valence-corrected chi connectivity index (χ2v) is 5.79. The zero-order chi connectivity index (χ0) is 14.2. The number of rotatable bonds is 1. The first kappa shape index (κ1) is 12.4. The molecule has 0 radical (unpaired) electrons. The van der Waals surface area contributed by atoms with E-state index < -0.39 is 0 Å². The Morgan fingerprint density at radius 3 is 2.67 bits per heavy atom. The van der Waals surface area contributed by atoms with Crippen molar-refractivity contribution in [1.29, 1.82) is 0 Å². The molecule has 1 N–H and O–H groups in total. The standard InChI is InChI=1S/C19H17NO/c21-19-17(16-7-3-4-8-18(16)20-19)12-13-9-10-14-5-1-2-6-15(14)11-13/h3-4,7-12H,1-2,5-6H2,(H,20,21). The Morgan fingerprint density at radius 1 is 0.952 bits per heavy atom. The van der Waals surface area contributed by atoms with E-state index in [1.54, 1.807) is 0 Å². The molecule has 4 rings (SSSR count). The molecule has 0 bridgehead atoms. The molecule has 21 heavy (non-hydrogen) atoms. The fourth-order valence-electron chi connectivity index (χ4n) is 3.29. The van der Waals surface area contributed by atoms with Gasteiger partial charge in [0.2, 0.25) is 0 Å².